The third kappa shape index (κ3) is 13.9. The summed E-state index contributed by atoms with van der Waals surface area (Å²) in [4.78, 5) is 10.2. The van der Waals surface area contributed by atoms with Gasteiger partial charge in [0.25, 0.3) is 0 Å². The van der Waals surface area contributed by atoms with E-state index in [2.05, 4.69) is 0 Å². The molecule has 2 heteroatoms. The summed E-state index contributed by atoms with van der Waals surface area (Å²) in [6.45, 7) is 11.7. The molecule has 0 bridgehead atoms. The van der Waals surface area contributed by atoms with Crippen molar-refractivity contribution in [2.75, 3.05) is 0 Å². The molecule has 0 aromatic rings. The summed E-state index contributed by atoms with van der Waals surface area (Å²) in [6.07, 6.45) is 9.00. The Morgan fingerprint density at radius 1 is 0.500 bits per heavy atom. The average Bonchev–Trinajstić information content (AvgIpc) is 2.17. The van der Waals surface area contributed by atoms with Crippen LogP contribution >= 0.6 is 0 Å². The van der Waals surface area contributed by atoms with Gasteiger partial charge in [0.05, 0.1) is 11.2 Å². The molecule has 0 aromatic heterocycles. The largest absolute Gasteiger partial charge is 0.230 e. The lowest BCUT2D eigenvalue weighted by Gasteiger charge is -2.24. The van der Waals surface area contributed by atoms with Gasteiger partial charge in [-0.15, -0.1) is 0 Å². The highest BCUT2D eigenvalue weighted by Gasteiger charge is 2.18. The fourth-order valence-electron chi connectivity index (χ4n) is 1.31. The molecule has 0 radical (unpaired) electrons. The Hall–Kier alpha value is -0.0800. The first-order valence-corrected chi connectivity index (χ1v) is 6.57. The summed E-state index contributed by atoms with van der Waals surface area (Å²) in [5.41, 5.74) is -0.430. The molecule has 1 aliphatic carbocycles. The van der Waals surface area contributed by atoms with Crippen molar-refractivity contribution >= 4 is 0 Å². The van der Waals surface area contributed by atoms with E-state index in [0.717, 1.165) is 0 Å². The second kappa shape index (κ2) is 7.29. The van der Waals surface area contributed by atoms with Gasteiger partial charge < -0.3 is 0 Å². The van der Waals surface area contributed by atoms with Gasteiger partial charge in [-0.05, 0) is 41.5 Å². The lowest BCUT2D eigenvalue weighted by molar-refractivity contribution is -0.393. The lowest BCUT2D eigenvalue weighted by atomic mass is 10.0. The van der Waals surface area contributed by atoms with E-state index in [4.69, 9.17) is 9.78 Å². The molecule has 1 fully saturated rings. The Morgan fingerprint density at radius 3 is 0.812 bits per heavy atom. The van der Waals surface area contributed by atoms with E-state index in [0.29, 0.717) is 0 Å². The van der Waals surface area contributed by atoms with Crippen LogP contribution in [0.4, 0.5) is 0 Å². The first-order chi connectivity index (χ1) is 7.21. The van der Waals surface area contributed by atoms with E-state index in [1.807, 2.05) is 41.5 Å². The predicted molar refractivity (Wildman–Crippen MR) is 69.4 cm³/mol. The van der Waals surface area contributed by atoms with Gasteiger partial charge in [-0.2, -0.15) is 0 Å². The number of rotatable bonds is 1. The summed E-state index contributed by atoms with van der Waals surface area (Å²) in [7, 11) is 0. The maximum Gasteiger partial charge on any atom is 0.0952 e. The summed E-state index contributed by atoms with van der Waals surface area (Å²) < 4.78 is 0. The van der Waals surface area contributed by atoms with Crippen molar-refractivity contribution in [3.63, 3.8) is 0 Å². The molecule has 0 amide bonds. The predicted octanol–water partition coefficient (Wildman–Crippen LogP) is 4.87. The molecule has 0 spiro atoms. The third-order valence-electron chi connectivity index (χ3n) is 2.04. The fourth-order valence-corrected chi connectivity index (χ4v) is 1.31. The molecule has 98 valence electrons. The zero-order chi connectivity index (χ0) is 12.7. The normalized spacial score (nSPS) is 17.6. The standard InChI is InChI=1S/C8H18O2.C6H12/c1-7(2,3)9-10-8(4,5)6;1-2-4-6-5-3-1/h1-6H3;1-6H2. The first kappa shape index (κ1) is 15.9. The van der Waals surface area contributed by atoms with Crippen LogP contribution < -0.4 is 0 Å². The third-order valence-corrected chi connectivity index (χ3v) is 2.04. The van der Waals surface area contributed by atoms with Crippen molar-refractivity contribution in [2.24, 2.45) is 0 Å². The van der Waals surface area contributed by atoms with Gasteiger partial charge in [0.2, 0.25) is 0 Å². The molecule has 0 aromatic carbocycles. The molecule has 0 heterocycles. The zero-order valence-corrected chi connectivity index (χ0v) is 12.1. The van der Waals surface area contributed by atoms with Gasteiger partial charge in [-0.1, -0.05) is 38.5 Å². The number of hydrogen-bond donors (Lipinski definition) is 0. The highest BCUT2D eigenvalue weighted by atomic mass is 17.2. The molecule has 0 atom stereocenters. The average molecular weight is 230 g/mol. The first-order valence-electron chi connectivity index (χ1n) is 6.57. The van der Waals surface area contributed by atoms with Gasteiger partial charge in [-0.25, -0.2) is 9.78 Å². The molecular formula is C14H30O2. The Bertz CT molecular complexity index is 133. The molecule has 16 heavy (non-hydrogen) atoms. The van der Waals surface area contributed by atoms with Gasteiger partial charge >= 0.3 is 0 Å². The number of hydrogen-bond acceptors (Lipinski definition) is 2. The van der Waals surface area contributed by atoms with Crippen LogP contribution in [-0.2, 0) is 9.78 Å². The molecule has 1 saturated carbocycles. The summed E-state index contributed by atoms with van der Waals surface area (Å²) in [5.74, 6) is 0. The highest BCUT2D eigenvalue weighted by Crippen LogP contribution is 2.15. The summed E-state index contributed by atoms with van der Waals surface area (Å²) in [6, 6.07) is 0. The van der Waals surface area contributed by atoms with Crippen LogP contribution in [-0.4, -0.2) is 11.2 Å². The van der Waals surface area contributed by atoms with Crippen molar-refractivity contribution in [3.05, 3.63) is 0 Å². The molecule has 1 rings (SSSR count). The Morgan fingerprint density at radius 2 is 0.688 bits per heavy atom. The molecule has 0 saturated heterocycles. The lowest BCUT2D eigenvalue weighted by Crippen LogP contribution is -2.27. The van der Waals surface area contributed by atoms with Gasteiger partial charge in [0, 0.05) is 0 Å². The summed E-state index contributed by atoms with van der Waals surface area (Å²) >= 11 is 0. The topological polar surface area (TPSA) is 18.5 Å². The smallest absolute Gasteiger partial charge is 0.0952 e. The van der Waals surface area contributed by atoms with Crippen molar-refractivity contribution in [1.82, 2.24) is 0 Å². The van der Waals surface area contributed by atoms with Crippen molar-refractivity contribution < 1.29 is 9.78 Å². The van der Waals surface area contributed by atoms with Crippen LogP contribution in [0.15, 0.2) is 0 Å². The zero-order valence-electron chi connectivity index (χ0n) is 12.1. The minimum atomic E-state index is -0.215. The second-order valence-corrected chi connectivity index (χ2v) is 6.51. The molecule has 2 nitrogen and oxygen atoms in total. The Kier molecular flexibility index (Phi) is 7.25. The van der Waals surface area contributed by atoms with Crippen molar-refractivity contribution in [3.8, 4) is 0 Å². The second-order valence-electron chi connectivity index (χ2n) is 6.51. The molecule has 0 aliphatic heterocycles. The van der Waals surface area contributed by atoms with Crippen LogP contribution in [0.2, 0.25) is 0 Å². The molecular weight excluding hydrogens is 200 g/mol. The minimum Gasteiger partial charge on any atom is -0.230 e. The molecule has 0 N–H and O–H groups in total. The van der Waals surface area contributed by atoms with E-state index in [9.17, 15) is 0 Å². The quantitative estimate of drug-likeness (QED) is 0.472. The van der Waals surface area contributed by atoms with Gasteiger partial charge in [-0.3, -0.25) is 0 Å². The van der Waals surface area contributed by atoms with E-state index in [-0.39, 0.29) is 11.2 Å². The van der Waals surface area contributed by atoms with E-state index in [1.165, 1.54) is 38.5 Å². The molecule has 0 unspecified atom stereocenters. The monoisotopic (exact) mass is 230 g/mol. The maximum atomic E-state index is 5.09. The van der Waals surface area contributed by atoms with E-state index < -0.39 is 0 Å². The van der Waals surface area contributed by atoms with Gasteiger partial charge in [0.1, 0.15) is 0 Å². The van der Waals surface area contributed by atoms with Crippen molar-refractivity contribution in [1.29, 1.82) is 0 Å². The highest BCUT2D eigenvalue weighted by molar-refractivity contribution is 4.58. The van der Waals surface area contributed by atoms with E-state index >= 15 is 0 Å². The van der Waals surface area contributed by atoms with Crippen LogP contribution in [0.25, 0.3) is 0 Å². The summed E-state index contributed by atoms with van der Waals surface area (Å²) in [5, 5.41) is 0. The van der Waals surface area contributed by atoms with Crippen LogP contribution in [0.1, 0.15) is 80.1 Å². The molecule has 1 aliphatic rings. The SMILES string of the molecule is C1CCCCC1.CC(C)(C)OOC(C)(C)C. The van der Waals surface area contributed by atoms with E-state index in [1.54, 1.807) is 0 Å². The maximum absolute atomic E-state index is 5.09. The van der Waals surface area contributed by atoms with Crippen molar-refractivity contribution in [2.45, 2.75) is 91.3 Å². The van der Waals surface area contributed by atoms with Gasteiger partial charge in [0.15, 0.2) is 0 Å². The Balaban J connectivity index is 0.000000315. The Labute approximate surface area is 102 Å². The fraction of sp³-hybridized carbons (Fsp3) is 1.00. The van der Waals surface area contributed by atoms with Crippen LogP contribution in [0, 0.1) is 0 Å². The van der Waals surface area contributed by atoms with Crippen LogP contribution in [0.5, 0.6) is 0 Å². The minimum absolute atomic E-state index is 0.215. The van der Waals surface area contributed by atoms with Crippen LogP contribution in [0.3, 0.4) is 0 Å².